The molecule has 0 fully saturated rings. The quantitative estimate of drug-likeness (QED) is 0.142. The molecule has 0 amide bonds. The maximum atomic E-state index is 11.5. The molecule has 6 heterocycles. The molecule has 10 nitrogen and oxygen atoms in total. The first-order chi connectivity index (χ1) is 34.3. The molecule has 6 aromatic heterocycles. The van der Waals surface area contributed by atoms with Crippen LogP contribution in [-0.4, -0.2) is 44.1 Å². The fourth-order valence-corrected chi connectivity index (χ4v) is 7.57. The van der Waals surface area contributed by atoms with Gasteiger partial charge in [0.2, 0.25) is 0 Å². The Morgan fingerprint density at radius 3 is 1.29 bits per heavy atom. The molecule has 0 saturated carbocycles. The normalized spacial score (nSPS) is 9.97. The zero-order valence-corrected chi connectivity index (χ0v) is 44.4. The van der Waals surface area contributed by atoms with Crippen molar-refractivity contribution in [3.8, 4) is 79.4 Å². The van der Waals surface area contributed by atoms with E-state index in [9.17, 15) is 10.2 Å². The summed E-state index contributed by atoms with van der Waals surface area (Å²) in [4.78, 5) is 25.4. The Morgan fingerprint density at radius 2 is 0.822 bits per heavy atom. The molecule has 0 aliphatic rings. The molecule has 11 aromatic rings. The van der Waals surface area contributed by atoms with Gasteiger partial charge in [-0.25, -0.2) is 0 Å². The maximum absolute atomic E-state index is 11.5. The average molecular weight is 1320 g/mol. The number of pyridine rings is 6. The number of methoxy groups -OCH3 is 2. The van der Waals surface area contributed by atoms with E-state index in [0.29, 0.717) is 22.8 Å². The summed E-state index contributed by atoms with van der Waals surface area (Å²) in [6, 6.07) is 60.7. The Kier molecular flexibility index (Phi) is 21.1. The predicted molar refractivity (Wildman–Crippen MR) is 281 cm³/mol. The van der Waals surface area contributed by atoms with E-state index < -0.39 is 0 Å². The van der Waals surface area contributed by atoms with E-state index in [1.807, 2.05) is 142 Å². The Balaban J connectivity index is 0.000000185. The molecule has 11 rings (SSSR count). The van der Waals surface area contributed by atoms with Gasteiger partial charge < -0.3 is 69.9 Å². The minimum atomic E-state index is -0.0886. The van der Waals surface area contributed by atoms with Crippen LogP contribution in [0.3, 0.4) is 0 Å². The summed E-state index contributed by atoms with van der Waals surface area (Å²) < 4.78 is 10.8. The summed E-state index contributed by atoms with van der Waals surface area (Å²) in [5, 5.41) is 27.6. The molecule has 73 heavy (non-hydrogen) atoms. The van der Waals surface area contributed by atoms with E-state index in [1.165, 1.54) is 28.3 Å². The number of ether oxygens (including phenoxy) is 2. The summed E-state index contributed by atoms with van der Waals surface area (Å²) in [6.45, 7) is 3.83. The van der Waals surface area contributed by atoms with Crippen LogP contribution in [0, 0.1) is 26.0 Å². The third kappa shape index (κ3) is 14.1. The number of rotatable bonds is 7. The van der Waals surface area contributed by atoms with Crippen LogP contribution in [0.2, 0.25) is 0 Å². The number of fused-ring (bicyclic) bond motifs is 2. The fraction of sp³-hybridized carbons (Fsp3) is 0.0820. The minimum Gasteiger partial charge on any atom is -3.00 e. The van der Waals surface area contributed by atoms with Crippen molar-refractivity contribution in [3.63, 3.8) is 0 Å². The van der Waals surface area contributed by atoms with Gasteiger partial charge in [0, 0.05) is 43.2 Å². The van der Waals surface area contributed by atoms with Crippen LogP contribution in [0.25, 0.3) is 78.0 Å². The minimum absolute atomic E-state index is 0. The van der Waals surface area contributed by atoms with Crippen LogP contribution in [-0.2, 0) is 40.2 Å². The number of nitrogens with zero attached hydrogens (tertiary/aromatic N) is 6. The molecule has 0 radical (unpaired) electrons. The smallest absolute Gasteiger partial charge is 0.123 e. The number of hydrogen-bond donors (Lipinski definition) is 0. The standard InChI is InChI=1S/C23H18NO2.C15H10N.2C11H10N2O.CH4.2Ir/c1-25-20-13-19(14-21(15-20)26-2)17-7-5-8-18(12-17)23-22-9-4-3-6-16(22)10-11-24-23;1-2-7-13(8-3-1)15-14-9-5-4-6-12(14)10-11-16-15;2*1-8-4-2-6-12-10(8)11-9(14)5-3-7-13-11;;;/h3-7,9-15H,1-2H3;1-7,9-11H;2*2-7,14H,1H3;1H4;;/q2*-1;;;;2*-3/p-2. The number of benzene rings is 5. The summed E-state index contributed by atoms with van der Waals surface area (Å²) in [5.74, 6) is 1.35. The van der Waals surface area contributed by atoms with Gasteiger partial charge in [0.15, 0.2) is 0 Å². The van der Waals surface area contributed by atoms with Crippen LogP contribution < -0.4 is 19.7 Å². The summed E-state index contributed by atoms with van der Waals surface area (Å²) in [6.07, 6.45) is 10.2. The molecular weight excluding hydrogens is 1270 g/mol. The summed E-state index contributed by atoms with van der Waals surface area (Å²) in [5.41, 5.74) is 10.1. The van der Waals surface area contributed by atoms with Gasteiger partial charge in [0.1, 0.15) is 11.5 Å². The first-order valence-corrected chi connectivity index (χ1v) is 22.3. The monoisotopic (exact) mass is 1320 g/mol. The van der Waals surface area contributed by atoms with E-state index in [4.69, 9.17) is 9.47 Å². The van der Waals surface area contributed by atoms with Crippen molar-refractivity contribution in [1.29, 1.82) is 0 Å². The van der Waals surface area contributed by atoms with Gasteiger partial charge in [-0.05, 0) is 112 Å². The van der Waals surface area contributed by atoms with Gasteiger partial charge in [0.05, 0.1) is 37.0 Å². The predicted octanol–water partition coefficient (Wildman–Crippen LogP) is 12.8. The number of aryl methyl sites for hydroxylation is 2. The third-order valence-corrected chi connectivity index (χ3v) is 11.1. The van der Waals surface area contributed by atoms with Gasteiger partial charge >= 0.3 is 0 Å². The van der Waals surface area contributed by atoms with E-state index in [1.54, 1.807) is 51.1 Å². The van der Waals surface area contributed by atoms with Gasteiger partial charge in [-0.2, -0.15) is 0 Å². The fourth-order valence-electron chi connectivity index (χ4n) is 7.57. The largest absolute Gasteiger partial charge is 3.00 e. The maximum Gasteiger partial charge on any atom is 0.123 e. The molecule has 0 aliphatic heterocycles. The van der Waals surface area contributed by atoms with Crippen LogP contribution in [0.15, 0.2) is 207 Å². The van der Waals surface area contributed by atoms with Crippen LogP contribution in [0.5, 0.6) is 23.0 Å². The van der Waals surface area contributed by atoms with Gasteiger partial charge in [0.25, 0.3) is 0 Å². The van der Waals surface area contributed by atoms with Gasteiger partial charge in [-0.3, -0.25) is 19.9 Å². The first kappa shape index (κ1) is 55.9. The molecule has 0 N–H and O–H groups in total. The second-order valence-corrected chi connectivity index (χ2v) is 15.7. The molecule has 0 spiro atoms. The zero-order chi connectivity index (χ0) is 48.7. The van der Waals surface area contributed by atoms with E-state index >= 15 is 0 Å². The van der Waals surface area contributed by atoms with E-state index in [0.717, 1.165) is 61.7 Å². The van der Waals surface area contributed by atoms with Crippen molar-refractivity contribution >= 4 is 21.5 Å². The van der Waals surface area contributed by atoms with Gasteiger partial charge in [-0.1, -0.05) is 91.7 Å². The van der Waals surface area contributed by atoms with Gasteiger partial charge in [-0.15, -0.1) is 71.3 Å². The number of hydrogen-bond acceptors (Lipinski definition) is 10. The summed E-state index contributed by atoms with van der Waals surface area (Å²) >= 11 is 0. The van der Waals surface area contributed by atoms with Crippen LogP contribution >= 0.6 is 0 Å². The molecular formula is C61H50Ir2N6O4-10. The molecule has 12 heteroatoms. The van der Waals surface area contributed by atoms with E-state index in [-0.39, 0.29) is 59.1 Å². The Morgan fingerprint density at radius 1 is 0.384 bits per heavy atom. The Labute approximate surface area is 453 Å². The van der Waals surface area contributed by atoms with Crippen molar-refractivity contribution in [3.05, 3.63) is 230 Å². The summed E-state index contributed by atoms with van der Waals surface area (Å²) in [7, 11) is 3.31. The number of aromatic nitrogens is 6. The SMILES string of the molecule is C.COc1cc(OC)cc(-c2cc[c-]c(-c3nccc4ccccc34)c2)c1.Cc1cccnc1-c1ncccc1[O-].Cc1cccnc1-c1ncccc1[O-].[Ir-3].[Ir-3].[c-]1ccccc1-c1nccc2ccccc12. The third-order valence-electron chi connectivity index (χ3n) is 11.1. The van der Waals surface area contributed by atoms with Crippen molar-refractivity contribution in [2.45, 2.75) is 21.3 Å². The second-order valence-electron chi connectivity index (χ2n) is 15.7. The molecule has 376 valence electrons. The van der Waals surface area contributed by atoms with Crippen LogP contribution in [0.4, 0.5) is 0 Å². The molecule has 0 saturated heterocycles. The van der Waals surface area contributed by atoms with E-state index in [2.05, 4.69) is 72.4 Å². The van der Waals surface area contributed by atoms with Crippen LogP contribution in [0.1, 0.15) is 18.6 Å². The average Bonchev–Trinajstić information content (AvgIpc) is 3.42. The molecule has 0 bridgehead atoms. The topological polar surface area (TPSA) is 142 Å². The Hall–Kier alpha value is -7.98. The second kappa shape index (κ2) is 27.6. The van der Waals surface area contributed by atoms with Crippen molar-refractivity contribution in [1.82, 2.24) is 29.9 Å². The van der Waals surface area contributed by atoms with Crippen molar-refractivity contribution in [2.24, 2.45) is 0 Å². The Bertz CT molecular complexity index is 3300. The molecule has 5 aromatic carbocycles. The van der Waals surface area contributed by atoms with Crippen molar-refractivity contribution in [2.75, 3.05) is 14.2 Å². The first-order valence-electron chi connectivity index (χ1n) is 22.3. The zero-order valence-electron chi connectivity index (χ0n) is 39.6. The van der Waals surface area contributed by atoms with Crippen molar-refractivity contribution < 1.29 is 59.9 Å². The molecule has 0 unspecified atom stereocenters. The molecule has 0 atom stereocenters. The molecule has 0 aliphatic carbocycles.